The molecular weight excluding hydrogens is 746 g/mol. The Morgan fingerprint density at radius 3 is 1.98 bits per heavy atom. The van der Waals surface area contributed by atoms with Gasteiger partial charge in [-0.25, -0.2) is 15.0 Å². The van der Waals surface area contributed by atoms with Crippen LogP contribution in [0.3, 0.4) is 0 Å². The van der Waals surface area contributed by atoms with Gasteiger partial charge in [-0.3, -0.25) is 4.57 Å². The highest BCUT2D eigenvalue weighted by Crippen LogP contribution is 2.37. The molecule has 5 heterocycles. The van der Waals surface area contributed by atoms with Crippen LogP contribution in [0.5, 0.6) is 0 Å². The minimum Gasteiger partial charge on any atom is -0.396 e. The number of fused-ring (bicyclic) bond motifs is 1. The van der Waals surface area contributed by atoms with Gasteiger partial charge in [0.15, 0.2) is 11.5 Å². The van der Waals surface area contributed by atoms with Crippen LogP contribution in [-0.4, -0.2) is 96.5 Å². The second-order valence-electron chi connectivity index (χ2n) is 16.3. The van der Waals surface area contributed by atoms with Crippen LogP contribution in [0.2, 0.25) is 5.02 Å². The van der Waals surface area contributed by atoms with Gasteiger partial charge in [0, 0.05) is 61.3 Å². The summed E-state index contributed by atoms with van der Waals surface area (Å²) in [6.45, 7) is 6.26. The first-order valence-electron chi connectivity index (χ1n) is 20.9. The highest BCUT2D eigenvalue weighted by Gasteiger charge is 2.28. The second-order valence-corrected chi connectivity index (χ2v) is 16.8. The van der Waals surface area contributed by atoms with Crippen LogP contribution in [-0.2, 0) is 9.47 Å². The first-order chi connectivity index (χ1) is 27.7. The van der Waals surface area contributed by atoms with E-state index in [0.29, 0.717) is 65.0 Å². The lowest BCUT2D eigenvalue weighted by Crippen LogP contribution is -2.33. The zero-order valence-corrected chi connectivity index (χ0v) is 34.0. The molecule has 4 aliphatic rings. The van der Waals surface area contributed by atoms with Crippen molar-refractivity contribution in [1.82, 2.24) is 29.5 Å². The SMILES string of the molecule is C[C@@H]1C[C@H](Nc2ncc(N)c(NC3CCC(CO)CC3)n2)CCO1.C[C@@H]1C[C@H](Nc2ncc3nc(Nc4cccc(Cl)c4)n(C4CCC(CO)CC4)c3n2)CCO1. The number of hydrogen-bond donors (Lipinski definition) is 7. The van der Waals surface area contributed by atoms with Crippen molar-refractivity contribution in [3.05, 3.63) is 41.7 Å². The third-order valence-electron chi connectivity index (χ3n) is 11.9. The molecule has 4 aromatic rings. The molecular formula is C41H60ClN11O4. The van der Waals surface area contributed by atoms with Gasteiger partial charge in [-0.2, -0.15) is 9.97 Å². The molecule has 8 N–H and O–H groups in total. The van der Waals surface area contributed by atoms with E-state index in [4.69, 9.17) is 36.8 Å². The Morgan fingerprint density at radius 2 is 1.37 bits per heavy atom. The van der Waals surface area contributed by atoms with E-state index in [1.54, 1.807) is 12.4 Å². The van der Waals surface area contributed by atoms with Gasteiger partial charge in [-0.05, 0) is 121 Å². The molecule has 2 saturated heterocycles. The molecule has 15 nitrogen and oxygen atoms in total. The fraction of sp³-hybridized carbons (Fsp3) is 0.634. The first kappa shape index (κ1) is 41.2. The molecule has 0 bridgehead atoms. The fourth-order valence-electron chi connectivity index (χ4n) is 8.56. The van der Waals surface area contributed by atoms with Gasteiger partial charge in [-0.1, -0.05) is 17.7 Å². The van der Waals surface area contributed by atoms with Gasteiger partial charge < -0.3 is 46.7 Å². The van der Waals surface area contributed by atoms with Crippen molar-refractivity contribution in [2.75, 3.05) is 53.4 Å². The summed E-state index contributed by atoms with van der Waals surface area (Å²) in [4.78, 5) is 23.2. The number of benzene rings is 1. The van der Waals surface area contributed by atoms with Crippen molar-refractivity contribution in [3.63, 3.8) is 0 Å². The first-order valence-corrected chi connectivity index (χ1v) is 21.2. The molecule has 0 unspecified atom stereocenters. The summed E-state index contributed by atoms with van der Waals surface area (Å²) in [6, 6.07) is 8.89. The number of aliphatic hydroxyl groups is 2. The molecule has 1 aromatic carbocycles. The third-order valence-corrected chi connectivity index (χ3v) is 12.1. The van der Waals surface area contributed by atoms with Crippen LogP contribution < -0.4 is 27.0 Å². The van der Waals surface area contributed by atoms with Crippen molar-refractivity contribution >= 4 is 57.8 Å². The minimum atomic E-state index is 0.237. The number of nitrogen functional groups attached to an aromatic ring is 1. The summed E-state index contributed by atoms with van der Waals surface area (Å²) >= 11 is 6.20. The number of rotatable bonds is 11. The number of nitrogens with zero attached hydrogens (tertiary/aromatic N) is 6. The minimum absolute atomic E-state index is 0.237. The van der Waals surface area contributed by atoms with Gasteiger partial charge in [0.2, 0.25) is 17.8 Å². The van der Waals surface area contributed by atoms with Crippen molar-refractivity contribution in [2.24, 2.45) is 11.8 Å². The van der Waals surface area contributed by atoms with E-state index in [-0.39, 0.29) is 24.9 Å². The quantitative estimate of drug-likeness (QED) is 0.0823. The number of nitrogens with two attached hydrogens (primary N) is 1. The van der Waals surface area contributed by atoms with Crippen LogP contribution >= 0.6 is 11.6 Å². The number of hydrogen-bond acceptors (Lipinski definition) is 14. The van der Waals surface area contributed by atoms with E-state index in [2.05, 4.69) is 54.6 Å². The second kappa shape index (κ2) is 19.6. The number of imidazole rings is 1. The topological polar surface area (TPSA) is 202 Å². The van der Waals surface area contributed by atoms with Gasteiger partial charge >= 0.3 is 0 Å². The van der Waals surface area contributed by atoms with E-state index in [1.807, 2.05) is 24.3 Å². The standard InChI is InChI=1S/C24H31ClN6O2.C17H29N5O2/c1-15-11-19(9-10-33-15)27-23-26-13-21-22(30-23)31(20-7-5-16(14-32)6-8-20)24(29-21)28-18-4-2-3-17(25)12-18;1-11-8-14(6-7-24-11)21-17-19-9-15(18)16(22-17)20-13-4-2-12(10-23)3-5-13/h2-4,12-13,15-16,19-20,32H,5-11,14H2,1H3,(H,28,29)(H,26,27,30);9,11-14,23H,2-8,10,18H2,1H3,(H2,19,20,21,22)/t15-,16?,19-,20?;11-,12?,13?,14-/m11/s1. The van der Waals surface area contributed by atoms with E-state index in [0.717, 1.165) is 113 Å². The highest BCUT2D eigenvalue weighted by molar-refractivity contribution is 6.30. The number of nitrogens with one attached hydrogen (secondary N) is 4. The molecule has 2 aliphatic carbocycles. The normalized spacial score (nSPS) is 27.9. The van der Waals surface area contributed by atoms with Crippen LogP contribution in [0.4, 0.5) is 35.0 Å². The van der Waals surface area contributed by atoms with Gasteiger partial charge in [-0.15, -0.1) is 0 Å². The molecule has 310 valence electrons. The molecule has 16 heteroatoms. The Bertz CT molecular complexity index is 1880. The van der Waals surface area contributed by atoms with Gasteiger partial charge in [0.25, 0.3) is 0 Å². The molecule has 4 atom stereocenters. The van der Waals surface area contributed by atoms with Crippen molar-refractivity contribution in [1.29, 1.82) is 0 Å². The molecule has 2 saturated carbocycles. The van der Waals surface area contributed by atoms with Crippen LogP contribution in [0.15, 0.2) is 36.7 Å². The average molecular weight is 806 g/mol. The predicted octanol–water partition coefficient (Wildman–Crippen LogP) is 6.93. The van der Waals surface area contributed by atoms with Gasteiger partial charge in [0.05, 0.1) is 30.3 Å². The maximum atomic E-state index is 9.58. The van der Waals surface area contributed by atoms with Gasteiger partial charge in [0.1, 0.15) is 5.52 Å². The number of ether oxygens (including phenoxy) is 2. The number of halogens is 1. The molecule has 0 spiro atoms. The summed E-state index contributed by atoms with van der Waals surface area (Å²) in [5, 5.41) is 33.3. The highest BCUT2D eigenvalue weighted by atomic mass is 35.5. The molecule has 8 rings (SSSR count). The number of aromatic nitrogens is 6. The molecule has 0 radical (unpaired) electrons. The molecule has 2 aliphatic heterocycles. The lowest BCUT2D eigenvalue weighted by Gasteiger charge is -2.30. The molecule has 57 heavy (non-hydrogen) atoms. The van der Waals surface area contributed by atoms with Crippen LogP contribution in [0.25, 0.3) is 11.2 Å². The lowest BCUT2D eigenvalue weighted by molar-refractivity contribution is 0.0229. The van der Waals surface area contributed by atoms with Crippen molar-refractivity contribution in [3.8, 4) is 0 Å². The largest absolute Gasteiger partial charge is 0.396 e. The summed E-state index contributed by atoms with van der Waals surface area (Å²) in [6.07, 6.45) is 15.9. The van der Waals surface area contributed by atoms with E-state index >= 15 is 0 Å². The zero-order valence-electron chi connectivity index (χ0n) is 33.2. The monoisotopic (exact) mass is 805 g/mol. The van der Waals surface area contributed by atoms with E-state index in [9.17, 15) is 10.2 Å². The summed E-state index contributed by atoms with van der Waals surface area (Å²) in [5.41, 5.74) is 9.08. The smallest absolute Gasteiger partial charge is 0.224 e. The zero-order chi connectivity index (χ0) is 39.7. The van der Waals surface area contributed by atoms with Crippen molar-refractivity contribution < 1.29 is 19.7 Å². The Balaban J connectivity index is 0.000000183. The van der Waals surface area contributed by atoms with E-state index in [1.165, 1.54) is 0 Å². The maximum Gasteiger partial charge on any atom is 0.224 e. The molecule has 0 amide bonds. The van der Waals surface area contributed by atoms with E-state index < -0.39 is 0 Å². The summed E-state index contributed by atoms with van der Waals surface area (Å²) in [5.74, 6) is 3.52. The Labute approximate surface area is 340 Å². The Kier molecular flexibility index (Phi) is 14.2. The maximum absolute atomic E-state index is 9.58. The Hall–Kier alpha value is -4.02. The fourth-order valence-corrected chi connectivity index (χ4v) is 8.75. The third kappa shape index (κ3) is 11.1. The summed E-state index contributed by atoms with van der Waals surface area (Å²) in [7, 11) is 0. The van der Waals surface area contributed by atoms with Crippen LogP contribution in [0.1, 0.15) is 96.9 Å². The molecule has 3 aromatic heterocycles. The Morgan fingerprint density at radius 1 is 0.754 bits per heavy atom. The number of aliphatic hydroxyl groups excluding tert-OH is 2. The predicted molar refractivity (Wildman–Crippen MR) is 225 cm³/mol. The van der Waals surface area contributed by atoms with Crippen LogP contribution in [0, 0.1) is 11.8 Å². The van der Waals surface area contributed by atoms with Crippen molar-refractivity contribution in [2.45, 2.75) is 127 Å². The average Bonchev–Trinajstić information content (AvgIpc) is 3.56. The molecule has 4 fully saturated rings. The number of anilines is 6. The summed E-state index contributed by atoms with van der Waals surface area (Å²) < 4.78 is 13.5. The lowest BCUT2D eigenvalue weighted by atomic mass is 9.86.